The standard InChI is InChI=1S/C28H46O3/c1-5-6-7-19(13-15-29)18(2)23-10-11-24-22-9-8-20-16-21(30)17-26(31)28(20,4)25(22)12-14-27(23,24)3/h8-9,18-19,21,23-26,29-31H,5-7,10-17H2,1-4H3/t18-,19-,21-,23-,24+,25+,26+,27-,28+/m1/s1. The molecule has 0 amide bonds. The Balaban J connectivity index is 1.60. The Morgan fingerprint density at radius 1 is 1.06 bits per heavy atom. The van der Waals surface area contributed by atoms with Crippen LogP contribution in [0.3, 0.4) is 0 Å². The molecule has 0 bridgehead atoms. The first-order chi connectivity index (χ1) is 14.8. The quantitative estimate of drug-likeness (QED) is 0.490. The highest BCUT2D eigenvalue weighted by Crippen LogP contribution is 2.66. The van der Waals surface area contributed by atoms with Crippen LogP contribution in [0.4, 0.5) is 0 Å². The minimum Gasteiger partial charge on any atom is -0.396 e. The molecule has 0 aromatic rings. The van der Waals surface area contributed by atoms with Crippen molar-refractivity contribution in [2.45, 2.75) is 104 Å². The minimum absolute atomic E-state index is 0.200. The fraction of sp³-hybridized carbons (Fsp3) is 0.857. The normalized spacial score (nSPS) is 43.9. The van der Waals surface area contributed by atoms with Crippen molar-refractivity contribution in [2.24, 2.45) is 40.4 Å². The van der Waals surface area contributed by atoms with Gasteiger partial charge in [-0.3, -0.25) is 0 Å². The van der Waals surface area contributed by atoms with Gasteiger partial charge in [-0.1, -0.05) is 70.3 Å². The van der Waals surface area contributed by atoms with E-state index in [0.717, 1.165) is 25.2 Å². The van der Waals surface area contributed by atoms with Crippen molar-refractivity contribution in [1.29, 1.82) is 0 Å². The largest absolute Gasteiger partial charge is 0.396 e. The van der Waals surface area contributed by atoms with Crippen LogP contribution in [-0.2, 0) is 0 Å². The summed E-state index contributed by atoms with van der Waals surface area (Å²) >= 11 is 0. The molecule has 3 fully saturated rings. The maximum atomic E-state index is 11.1. The molecule has 4 aliphatic rings. The summed E-state index contributed by atoms with van der Waals surface area (Å²) in [5.41, 5.74) is 3.00. The Labute approximate surface area is 190 Å². The third-order valence-electron chi connectivity index (χ3n) is 10.5. The molecule has 0 saturated heterocycles. The first kappa shape index (κ1) is 23.5. The summed E-state index contributed by atoms with van der Waals surface area (Å²) < 4.78 is 0. The van der Waals surface area contributed by atoms with Crippen LogP contribution in [-0.4, -0.2) is 34.1 Å². The van der Waals surface area contributed by atoms with Crippen molar-refractivity contribution in [3.63, 3.8) is 0 Å². The first-order valence-corrected chi connectivity index (χ1v) is 13.1. The van der Waals surface area contributed by atoms with Gasteiger partial charge in [-0.2, -0.15) is 0 Å². The molecule has 0 spiro atoms. The van der Waals surface area contributed by atoms with Crippen LogP contribution in [0.5, 0.6) is 0 Å². The number of hydrogen-bond acceptors (Lipinski definition) is 3. The van der Waals surface area contributed by atoms with E-state index >= 15 is 0 Å². The Kier molecular flexibility index (Phi) is 6.79. The van der Waals surface area contributed by atoms with E-state index in [4.69, 9.17) is 0 Å². The SMILES string of the molecule is CCCC[C@H](CCO)[C@@H](C)[C@H]1CC[C@H]2C3=CC=C4C[C@@H](O)C[C@H](O)[C@]4(C)[C@H]3CC[C@]12C. The summed E-state index contributed by atoms with van der Waals surface area (Å²) in [7, 11) is 0. The minimum atomic E-state index is -0.445. The maximum absolute atomic E-state index is 11.1. The van der Waals surface area contributed by atoms with Gasteiger partial charge in [0.05, 0.1) is 12.2 Å². The lowest BCUT2D eigenvalue weighted by Crippen LogP contribution is -2.52. The van der Waals surface area contributed by atoms with Crippen LogP contribution in [0.25, 0.3) is 0 Å². The summed E-state index contributed by atoms with van der Waals surface area (Å²) in [4.78, 5) is 0. The zero-order chi connectivity index (χ0) is 22.4. The lowest BCUT2D eigenvalue weighted by Gasteiger charge is -2.56. The lowest BCUT2D eigenvalue weighted by molar-refractivity contribution is -0.0556. The van der Waals surface area contributed by atoms with E-state index in [1.807, 2.05) is 0 Å². The van der Waals surface area contributed by atoms with Crippen molar-refractivity contribution in [1.82, 2.24) is 0 Å². The van der Waals surface area contributed by atoms with Gasteiger partial charge in [0.15, 0.2) is 0 Å². The molecule has 9 atom stereocenters. The molecule has 31 heavy (non-hydrogen) atoms. The molecule has 0 aromatic heterocycles. The van der Waals surface area contributed by atoms with E-state index in [1.54, 1.807) is 5.57 Å². The molecule has 4 rings (SSSR count). The number of aliphatic hydroxyl groups excluding tert-OH is 3. The molecular formula is C28H46O3. The topological polar surface area (TPSA) is 60.7 Å². The van der Waals surface area contributed by atoms with E-state index in [0.29, 0.717) is 42.1 Å². The fourth-order valence-corrected chi connectivity index (χ4v) is 8.58. The third-order valence-corrected chi connectivity index (χ3v) is 10.5. The van der Waals surface area contributed by atoms with Gasteiger partial charge in [-0.05, 0) is 73.5 Å². The Hall–Kier alpha value is -0.640. The fourth-order valence-electron chi connectivity index (χ4n) is 8.58. The number of unbranched alkanes of at least 4 members (excludes halogenated alkanes) is 1. The molecule has 0 heterocycles. The molecule has 0 aromatic carbocycles. The van der Waals surface area contributed by atoms with Crippen LogP contribution in [0.1, 0.15) is 91.9 Å². The molecular weight excluding hydrogens is 384 g/mol. The molecule has 3 heteroatoms. The van der Waals surface area contributed by atoms with Crippen molar-refractivity contribution >= 4 is 0 Å². The molecule has 3 N–H and O–H groups in total. The zero-order valence-corrected chi connectivity index (χ0v) is 20.3. The van der Waals surface area contributed by atoms with Gasteiger partial charge < -0.3 is 15.3 Å². The summed E-state index contributed by atoms with van der Waals surface area (Å²) in [6.45, 7) is 9.88. The Morgan fingerprint density at radius 2 is 1.84 bits per heavy atom. The third kappa shape index (κ3) is 3.77. The average Bonchev–Trinajstić information content (AvgIpc) is 3.09. The summed E-state index contributed by atoms with van der Waals surface area (Å²) in [5, 5.41) is 31.0. The van der Waals surface area contributed by atoms with E-state index < -0.39 is 12.2 Å². The van der Waals surface area contributed by atoms with Crippen LogP contribution in [0.2, 0.25) is 0 Å². The number of rotatable bonds is 7. The van der Waals surface area contributed by atoms with Gasteiger partial charge in [-0.15, -0.1) is 0 Å². The monoisotopic (exact) mass is 430 g/mol. The predicted molar refractivity (Wildman–Crippen MR) is 126 cm³/mol. The second-order valence-electron chi connectivity index (χ2n) is 11.9. The lowest BCUT2D eigenvalue weighted by atomic mass is 9.49. The number of aliphatic hydroxyl groups is 3. The molecule has 0 aliphatic heterocycles. The molecule has 0 unspecified atom stereocenters. The molecule has 176 valence electrons. The second kappa shape index (κ2) is 8.95. The first-order valence-electron chi connectivity index (χ1n) is 13.1. The van der Waals surface area contributed by atoms with Gasteiger partial charge in [-0.25, -0.2) is 0 Å². The van der Waals surface area contributed by atoms with E-state index in [9.17, 15) is 15.3 Å². The summed E-state index contributed by atoms with van der Waals surface area (Å²) in [6.07, 6.45) is 14.7. The van der Waals surface area contributed by atoms with E-state index in [2.05, 4.69) is 39.8 Å². The number of fused-ring (bicyclic) bond motifs is 5. The number of hydrogen-bond donors (Lipinski definition) is 3. The highest BCUT2D eigenvalue weighted by atomic mass is 16.3. The molecule has 4 aliphatic carbocycles. The van der Waals surface area contributed by atoms with Gasteiger partial charge >= 0.3 is 0 Å². The highest BCUT2D eigenvalue weighted by Gasteiger charge is 2.59. The predicted octanol–water partition coefficient (Wildman–Crippen LogP) is 5.64. The summed E-state index contributed by atoms with van der Waals surface area (Å²) in [6, 6.07) is 0. The zero-order valence-electron chi connectivity index (χ0n) is 20.3. The Bertz CT molecular complexity index is 711. The molecule has 3 saturated carbocycles. The molecule has 0 radical (unpaired) electrons. The highest BCUT2D eigenvalue weighted by molar-refractivity contribution is 5.40. The van der Waals surface area contributed by atoms with Crippen molar-refractivity contribution in [2.75, 3.05) is 6.61 Å². The van der Waals surface area contributed by atoms with Gasteiger partial charge in [0.25, 0.3) is 0 Å². The van der Waals surface area contributed by atoms with Crippen LogP contribution in [0.15, 0.2) is 23.3 Å². The maximum Gasteiger partial charge on any atom is 0.0661 e. The van der Waals surface area contributed by atoms with Crippen molar-refractivity contribution in [3.8, 4) is 0 Å². The average molecular weight is 431 g/mol. The van der Waals surface area contributed by atoms with Crippen LogP contribution in [0, 0.1) is 40.4 Å². The summed E-state index contributed by atoms with van der Waals surface area (Å²) in [5.74, 6) is 3.06. The van der Waals surface area contributed by atoms with Gasteiger partial charge in [0.1, 0.15) is 0 Å². The van der Waals surface area contributed by atoms with Crippen LogP contribution >= 0.6 is 0 Å². The van der Waals surface area contributed by atoms with Gasteiger partial charge in [0, 0.05) is 18.4 Å². The van der Waals surface area contributed by atoms with Crippen LogP contribution < -0.4 is 0 Å². The molecule has 3 nitrogen and oxygen atoms in total. The van der Waals surface area contributed by atoms with Crippen molar-refractivity contribution < 1.29 is 15.3 Å². The second-order valence-corrected chi connectivity index (χ2v) is 11.9. The Morgan fingerprint density at radius 3 is 2.55 bits per heavy atom. The van der Waals surface area contributed by atoms with Crippen molar-refractivity contribution in [3.05, 3.63) is 23.3 Å². The van der Waals surface area contributed by atoms with Gasteiger partial charge in [0.2, 0.25) is 0 Å². The van der Waals surface area contributed by atoms with E-state index in [1.165, 1.54) is 44.1 Å². The number of allylic oxidation sites excluding steroid dienone is 3. The van der Waals surface area contributed by atoms with E-state index in [-0.39, 0.29) is 5.41 Å². The smallest absolute Gasteiger partial charge is 0.0661 e.